The van der Waals surface area contributed by atoms with E-state index in [1.54, 1.807) is 18.3 Å². The number of benzene rings is 1. The van der Waals surface area contributed by atoms with Gasteiger partial charge in [-0.15, -0.1) is 0 Å². The molecule has 2 aromatic rings. The number of anilines is 1. The molecule has 5 nitrogen and oxygen atoms in total. The van der Waals surface area contributed by atoms with Crippen molar-refractivity contribution in [3.8, 4) is 5.75 Å². The van der Waals surface area contributed by atoms with Crippen LogP contribution in [0.15, 0.2) is 48.8 Å². The lowest BCUT2D eigenvalue weighted by molar-refractivity contribution is -0.0498. The first-order valence-corrected chi connectivity index (χ1v) is 10.2. The lowest BCUT2D eigenvalue weighted by Gasteiger charge is -2.42. The van der Waals surface area contributed by atoms with Gasteiger partial charge < -0.3 is 20.3 Å². The number of alkyl halides is 2. The Labute approximate surface area is 171 Å². The summed E-state index contributed by atoms with van der Waals surface area (Å²) in [6, 6.07) is 11.8. The number of ether oxygens (including phenoxy) is 1. The molecule has 158 valence electrons. The van der Waals surface area contributed by atoms with Gasteiger partial charge in [-0.25, -0.2) is 0 Å². The number of halogens is 2. The van der Waals surface area contributed by atoms with Gasteiger partial charge in [-0.3, -0.25) is 4.98 Å². The van der Waals surface area contributed by atoms with Crippen molar-refractivity contribution in [2.24, 2.45) is 5.73 Å². The Morgan fingerprint density at radius 3 is 2.52 bits per heavy atom. The minimum Gasteiger partial charge on any atom is -0.435 e. The standard InChI is InChI=1S/C22H30F2N4O/c1-17(8-11-25)27-13-9-20(10-14-27)28(16-18-3-2-12-26-15-18)19-4-6-21(7-5-19)29-22(23)24/h2-7,12,15,17,20,22H,8-11,13-14,16,25H2,1H3/t17-/m1/s1. The van der Waals surface area contributed by atoms with Crippen LogP contribution in [0.25, 0.3) is 0 Å². The number of aromatic nitrogens is 1. The summed E-state index contributed by atoms with van der Waals surface area (Å²) in [7, 11) is 0. The Morgan fingerprint density at radius 1 is 1.21 bits per heavy atom. The van der Waals surface area contributed by atoms with E-state index in [1.807, 2.05) is 24.4 Å². The molecule has 0 bridgehead atoms. The second-order valence-electron chi connectivity index (χ2n) is 7.56. The van der Waals surface area contributed by atoms with Crippen molar-refractivity contribution in [2.45, 2.75) is 51.4 Å². The van der Waals surface area contributed by atoms with E-state index < -0.39 is 6.61 Å². The zero-order valence-electron chi connectivity index (χ0n) is 16.9. The maximum atomic E-state index is 12.5. The van der Waals surface area contributed by atoms with Crippen LogP contribution in [0, 0.1) is 0 Å². The first-order chi connectivity index (χ1) is 14.1. The molecule has 7 heteroatoms. The molecule has 1 aromatic carbocycles. The monoisotopic (exact) mass is 404 g/mol. The Balaban J connectivity index is 1.73. The summed E-state index contributed by atoms with van der Waals surface area (Å²) in [5.41, 5.74) is 7.85. The smallest absolute Gasteiger partial charge is 0.387 e. The third-order valence-corrected chi connectivity index (χ3v) is 5.62. The number of nitrogens with zero attached hydrogens (tertiary/aromatic N) is 3. The lowest BCUT2D eigenvalue weighted by atomic mass is 9.99. The molecule has 1 fully saturated rings. The summed E-state index contributed by atoms with van der Waals surface area (Å²) >= 11 is 0. The number of likely N-dealkylation sites (tertiary alicyclic amines) is 1. The van der Waals surface area contributed by atoms with E-state index >= 15 is 0 Å². The molecule has 1 atom stereocenters. The summed E-state index contributed by atoms with van der Waals surface area (Å²) in [5.74, 6) is 0.176. The maximum Gasteiger partial charge on any atom is 0.387 e. The van der Waals surface area contributed by atoms with Crippen LogP contribution < -0.4 is 15.4 Å². The molecule has 1 aromatic heterocycles. The van der Waals surface area contributed by atoms with Crippen molar-refractivity contribution in [1.29, 1.82) is 0 Å². The molecule has 3 rings (SSSR count). The van der Waals surface area contributed by atoms with Crippen LogP contribution in [0.2, 0.25) is 0 Å². The van der Waals surface area contributed by atoms with Crippen molar-refractivity contribution < 1.29 is 13.5 Å². The minimum absolute atomic E-state index is 0.176. The highest BCUT2D eigenvalue weighted by Crippen LogP contribution is 2.28. The van der Waals surface area contributed by atoms with Gasteiger partial charge in [0, 0.05) is 49.8 Å². The zero-order valence-corrected chi connectivity index (χ0v) is 16.9. The highest BCUT2D eigenvalue weighted by molar-refractivity contribution is 5.50. The molecule has 0 aliphatic carbocycles. The molecule has 0 unspecified atom stereocenters. The quantitative estimate of drug-likeness (QED) is 0.687. The zero-order chi connectivity index (χ0) is 20.6. The third kappa shape index (κ3) is 6.11. The molecular formula is C22H30F2N4O. The van der Waals surface area contributed by atoms with Crippen molar-refractivity contribution in [3.05, 3.63) is 54.4 Å². The van der Waals surface area contributed by atoms with E-state index in [1.165, 1.54) is 0 Å². The molecule has 1 saturated heterocycles. The maximum absolute atomic E-state index is 12.5. The second-order valence-corrected chi connectivity index (χ2v) is 7.56. The number of hydrogen-bond donors (Lipinski definition) is 1. The molecular weight excluding hydrogens is 374 g/mol. The molecule has 29 heavy (non-hydrogen) atoms. The fraction of sp³-hybridized carbons (Fsp3) is 0.500. The van der Waals surface area contributed by atoms with Crippen LogP contribution in [0.3, 0.4) is 0 Å². The van der Waals surface area contributed by atoms with Crippen LogP contribution in [-0.2, 0) is 6.54 Å². The van der Waals surface area contributed by atoms with E-state index in [0.717, 1.165) is 50.1 Å². The molecule has 1 aliphatic rings. The van der Waals surface area contributed by atoms with Gasteiger partial charge in [-0.1, -0.05) is 6.07 Å². The number of rotatable bonds is 9. The van der Waals surface area contributed by atoms with E-state index in [9.17, 15) is 8.78 Å². The van der Waals surface area contributed by atoms with Crippen LogP contribution in [0.5, 0.6) is 5.75 Å². The summed E-state index contributed by atoms with van der Waals surface area (Å²) in [6.45, 7) is 2.92. The van der Waals surface area contributed by atoms with Crippen LogP contribution in [0.1, 0.15) is 31.7 Å². The molecule has 1 aliphatic heterocycles. The fourth-order valence-electron chi connectivity index (χ4n) is 4.00. The van der Waals surface area contributed by atoms with Gasteiger partial charge in [0.15, 0.2) is 0 Å². The summed E-state index contributed by atoms with van der Waals surface area (Å²) in [6.07, 6.45) is 6.74. The number of pyridine rings is 1. The topological polar surface area (TPSA) is 54.6 Å². The van der Waals surface area contributed by atoms with E-state index in [4.69, 9.17) is 5.73 Å². The van der Waals surface area contributed by atoms with E-state index in [0.29, 0.717) is 18.6 Å². The van der Waals surface area contributed by atoms with Crippen LogP contribution in [-0.4, -0.2) is 48.2 Å². The van der Waals surface area contributed by atoms with Crippen LogP contribution in [0.4, 0.5) is 14.5 Å². The predicted octanol–water partition coefficient (Wildman–Crippen LogP) is 3.89. The van der Waals surface area contributed by atoms with Crippen molar-refractivity contribution >= 4 is 5.69 Å². The summed E-state index contributed by atoms with van der Waals surface area (Å²) in [5, 5.41) is 0. The first kappa shape index (κ1) is 21.5. The second kappa shape index (κ2) is 10.5. The highest BCUT2D eigenvalue weighted by atomic mass is 19.3. The van der Waals surface area contributed by atoms with Gasteiger partial charge in [0.05, 0.1) is 0 Å². The fourth-order valence-corrected chi connectivity index (χ4v) is 4.00. The van der Waals surface area contributed by atoms with E-state index in [2.05, 4.69) is 32.5 Å². The normalized spacial score (nSPS) is 16.7. The van der Waals surface area contributed by atoms with E-state index in [-0.39, 0.29) is 5.75 Å². The number of piperidine rings is 1. The third-order valence-electron chi connectivity index (χ3n) is 5.62. The Bertz CT molecular complexity index is 721. The van der Waals surface area contributed by atoms with Gasteiger partial charge in [-0.05, 0) is 68.6 Å². The van der Waals surface area contributed by atoms with Crippen LogP contribution >= 0.6 is 0 Å². The van der Waals surface area contributed by atoms with Gasteiger partial charge in [-0.2, -0.15) is 8.78 Å². The average Bonchev–Trinajstić information content (AvgIpc) is 2.73. The van der Waals surface area contributed by atoms with Crippen molar-refractivity contribution in [2.75, 3.05) is 24.5 Å². The van der Waals surface area contributed by atoms with Crippen molar-refractivity contribution in [3.63, 3.8) is 0 Å². The average molecular weight is 405 g/mol. The molecule has 2 heterocycles. The first-order valence-electron chi connectivity index (χ1n) is 10.2. The highest BCUT2D eigenvalue weighted by Gasteiger charge is 2.27. The Kier molecular flexibility index (Phi) is 7.77. The minimum atomic E-state index is -2.81. The van der Waals surface area contributed by atoms with Gasteiger partial charge in [0.25, 0.3) is 0 Å². The van der Waals surface area contributed by atoms with Gasteiger partial charge in [0.2, 0.25) is 0 Å². The number of hydrogen-bond acceptors (Lipinski definition) is 5. The van der Waals surface area contributed by atoms with Gasteiger partial charge in [0.1, 0.15) is 5.75 Å². The molecule has 0 saturated carbocycles. The lowest BCUT2D eigenvalue weighted by Crippen LogP contribution is -2.47. The summed E-state index contributed by atoms with van der Waals surface area (Å²) in [4.78, 5) is 9.09. The SMILES string of the molecule is C[C@H](CCN)N1CCC(N(Cc2cccnc2)c2ccc(OC(F)F)cc2)CC1. The van der Waals surface area contributed by atoms with Gasteiger partial charge >= 0.3 is 6.61 Å². The number of nitrogens with two attached hydrogens (primary N) is 1. The van der Waals surface area contributed by atoms with Crippen molar-refractivity contribution in [1.82, 2.24) is 9.88 Å². The predicted molar refractivity (Wildman–Crippen MR) is 111 cm³/mol. The molecule has 0 spiro atoms. The summed E-state index contributed by atoms with van der Waals surface area (Å²) < 4.78 is 29.4. The molecule has 0 radical (unpaired) electrons. The molecule has 0 amide bonds. The largest absolute Gasteiger partial charge is 0.435 e. The molecule has 2 N–H and O–H groups in total. The Hall–Kier alpha value is -2.25. The Morgan fingerprint density at radius 2 is 1.93 bits per heavy atom.